The molecule has 0 bridgehead atoms. The van der Waals surface area contributed by atoms with Crippen molar-refractivity contribution in [3.63, 3.8) is 0 Å². The second kappa shape index (κ2) is 7.64. The van der Waals surface area contributed by atoms with Crippen molar-refractivity contribution in [1.29, 1.82) is 0 Å². The van der Waals surface area contributed by atoms with Gasteiger partial charge >= 0.3 is 0 Å². The van der Waals surface area contributed by atoms with Crippen LogP contribution in [-0.4, -0.2) is 42.2 Å². The number of carbonyl (C=O) groups is 1. The highest BCUT2D eigenvalue weighted by atomic mass is 16.5. The number of morpholine rings is 1. The zero-order chi connectivity index (χ0) is 19.6. The van der Waals surface area contributed by atoms with E-state index in [1.54, 1.807) is 0 Å². The van der Waals surface area contributed by atoms with Crippen LogP contribution < -0.4 is 10.2 Å². The van der Waals surface area contributed by atoms with Crippen molar-refractivity contribution in [2.24, 2.45) is 0 Å². The van der Waals surface area contributed by atoms with Crippen molar-refractivity contribution in [3.05, 3.63) is 46.8 Å². The first-order valence-electron chi connectivity index (χ1n) is 9.35. The monoisotopic (exact) mass is 368 g/mol. The smallest absolute Gasteiger partial charge is 0.255 e. The number of aromatic nitrogens is 2. The van der Waals surface area contributed by atoms with Gasteiger partial charge in [0, 0.05) is 18.7 Å². The van der Waals surface area contributed by atoms with Crippen LogP contribution in [0.5, 0.6) is 0 Å². The predicted molar refractivity (Wildman–Crippen MR) is 108 cm³/mol. The Morgan fingerprint density at radius 1 is 1.04 bits per heavy atom. The van der Waals surface area contributed by atoms with Crippen LogP contribution >= 0.6 is 0 Å². The number of hydrogen-bond acceptors (Lipinski definition) is 5. The van der Waals surface area contributed by atoms with E-state index >= 15 is 0 Å². The van der Waals surface area contributed by atoms with Gasteiger partial charge in [-0.2, -0.15) is 0 Å². The molecule has 0 spiro atoms. The quantitative estimate of drug-likeness (QED) is 0.898. The average Bonchev–Trinajstić information content (AvgIpc) is 2.64. The van der Waals surface area contributed by atoms with Crippen molar-refractivity contribution < 1.29 is 9.53 Å². The molecular weight excluding hydrogens is 340 g/mol. The van der Waals surface area contributed by atoms with Gasteiger partial charge in [-0.05, 0) is 37.0 Å². The third kappa shape index (κ3) is 4.45. The maximum atomic E-state index is 12.7. The van der Waals surface area contributed by atoms with E-state index in [1.165, 1.54) is 5.56 Å². The van der Waals surface area contributed by atoms with Crippen LogP contribution in [0.1, 0.15) is 48.1 Å². The SMILES string of the molecule is Cc1nc(N2CCOCC2)nc(C)c1NC(=O)c1ccc(C(C)(C)C)cc1. The number of ether oxygens (including phenoxy) is 1. The number of aryl methyl sites for hydroxylation is 2. The van der Waals surface area contributed by atoms with Gasteiger partial charge in [0.1, 0.15) is 0 Å². The zero-order valence-corrected chi connectivity index (χ0v) is 16.8. The topological polar surface area (TPSA) is 67.3 Å². The second-order valence-electron chi connectivity index (χ2n) is 7.95. The highest BCUT2D eigenvalue weighted by Crippen LogP contribution is 2.24. The van der Waals surface area contributed by atoms with E-state index in [2.05, 4.69) is 41.0 Å². The Balaban J connectivity index is 1.77. The summed E-state index contributed by atoms with van der Waals surface area (Å²) >= 11 is 0. The predicted octanol–water partition coefficient (Wildman–Crippen LogP) is 3.48. The van der Waals surface area contributed by atoms with Gasteiger partial charge in [-0.1, -0.05) is 32.9 Å². The van der Waals surface area contributed by atoms with Crippen molar-refractivity contribution in [3.8, 4) is 0 Å². The van der Waals surface area contributed by atoms with E-state index in [1.807, 2.05) is 38.1 Å². The Hall–Kier alpha value is -2.47. The van der Waals surface area contributed by atoms with Gasteiger partial charge in [0.15, 0.2) is 0 Å². The van der Waals surface area contributed by atoms with Gasteiger partial charge in [-0.3, -0.25) is 4.79 Å². The summed E-state index contributed by atoms with van der Waals surface area (Å²) in [4.78, 5) is 24.0. The number of hydrogen-bond donors (Lipinski definition) is 1. The van der Waals surface area contributed by atoms with E-state index in [0.717, 1.165) is 24.5 Å². The number of benzene rings is 1. The minimum absolute atomic E-state index is 0.0609. The third-order valence-electron chi connectivity index (χ3n) is 4.80. The standard InChI is InChI=1S/C21H28N4O2/c1-14-18(15(2)23-20(22-14)25-10-12-27-13-11-25)24-19(26)16-6-8-17(9-7-16)21(3,4)5/h6-9H,10-13H2,1-5H3,(H,24,26). The number of rotatable bonds is 3. The molecule has 6 heteroatoms. The maximum Gasteiger partial charge on any atom is 0.255 e. The van der Waals surface area contributed by atoms with Crippen molar-refractivity contribution in [2.45, 2.75) is 40.0 Å². The van der Waals surface area contributed by atoms with E-state index < -0.39 is 0 Å². The normalized spacial score (nSPS) is 14.9. The molecule has 144 valence electrons. The molecule has 1 N–H and O–H groups in total. The minimum atomic E-state index is -0.149. The van der Waals surface area contributed by atoms with Crippen LogP contribution in [0.2, 0.25) is 0 Å². The molecule has 0 saturated carbocycles. The van der Waals surface area contributed by atoms with Crippen LogP contribution in [0.4, 0.5) is 11.6 Å². The first-order valence-corrected chi connectivity index (χ1v) is 9.35. The van der Waals surface area contributed by atoms with Crippen LogP contribution in [0.3, 0.4) is 0 Å². The molecule has 1 fully saturated rings. The Morgan fingerprint density at radius 3 is 2.11 bits per heavy atom. The third-order valence-corrected chi connectivity index (χ3v) is 4.80. The average molecular weight is 368 g/mol. The van der Waals surface area contributed by atoms with Gasteiger partial charge in [-0.15, -0.1) is 0 Å². The lowest BCUT2D eigenvalue weighted by atomic mass is 9.87. The summed E-state index contributed by atoms with van der Waals surface area (Å²) in [6, 6.07) is 7.74. The lowest BCUT2D eigenvalue weighted by molar-refractivity contribution is 0.102. The Morgan fingerprint density at radius 2 is 1.59 bits per heavy atom. The number of anilines is 2. The van der Waals surface area contributed by atoms with Gasteiger partial charge in [0.05, 0.1) is 30.3 Å². The lowest BCUT2D eigenvalue weighted by Gasteiger charge is -2.27. The first-order chi connectivity index (χ1) is 12.8. The van der Waals surface area contributed by atoms with Gasteiger partial charge in [0.25, 0.3) is 5.91 Å². The van der Waals surface area contributed by atoms with E-state index in [9.17, 15) is 4.79 Å². The zero-order valence-electron chi connectivity index (χ0n) is 16.8. The molecule has 1 aromatic carbocycles. The highest BCUT2D eigenvalue weighted by Gasteiger charge is 2.19. The molecule has 0 atom stereocenters. The van der Waals surface area contributed by atoms with Crippen molar-refractivity contribution in [2.75, 3.05) is 36.5 Å². The van der Waals surface area contributed by atoms with Crippen LogP contribution in [0.25, 0.3) is 0 Å². The fourth-order valence-electron chi connectivity index (χ4n) is 3.09. The van der Waals surface area contributed by atoms with Gasteiger partial charge in [0.2, 0.25) is 5.95 Å². The van der Waals surface area contributed by atoms with Crippen LogP contribution in [0, 0.1) is 13.8 Å². The molecule has 6 nitrogen and oxygen atoms in total. The summed E-state index contributed by atoms with van der Waals surface area (Å²) < 4.78 is 5.38. The first kappa shape index (κ1) is 19.3. The molecule has 2 aromatic rings. The highest BCUT2D eigenvalue weighted by molar-refractivity contribution is 6.04. The molecule has 1 amide bonds. The van der Waals surface area contributed by atoms with E-state index in [4.69, 9.17) is 4.74 Å². The van der Waals surface area contributed by atoms with Gasteiger partial charge in [-0.25, -0.2) is 9.97 Å². The summed E-state index contributed by atoms with van der Waals surface area (Å²) in [5.74, 6) is 0.546. The second-order valence-corrected chi connectivity index (χ2v) is 7.95. The largest absolute Gasteiger partial charge is 0.378 e. The minimum Gasteiger partial charge on any atom is -0.378 e. The summed E-state index contributed by atoms with van der Waals surface area (Å²) in [6.45, 7) is 13.2. The summed E-state index contributed by atoms with van der Waals surface area (Å²) in [6.07, 6.45) is 0. The van der Waals surface area contributed by atoms with Crippen molar-refractivity contribution >= 4 is 17.5 Å². The Bertz CT molecular complexity index is 796. The Kier molecular flexibility index (Phi) is 5.46. The fraction of sp³-hybridized carbons (Fsp3) is 0.476. The molecule has 3 rings (SSSR count). The van der Waals surface area contributed by atoms with Crippen LogP contribution in [0.15, 0.2) is 24.3 Å². The van der Waals surface area contributed by atoms with Crippen molar-refractivity contribution in [1.82, 2.24) is 9.97 Å². The summed E-state index contributed by atoms with van der Waals surface area (Å²) in [7, 11) is 0. The summed E-state index contributed by atoms with van der Waals surface area (Å²) in [5, 5.41) is 2.98. The molecule has 0 aliphatic carbocycles. The number of nitrogens with zero attached hydrogens (tertiary/aromatic N) is 3. The molecule has 1 saturated heterocycles. The molecule has 0 radical (unpaired) electrons. The van der Waals surface area contributed by atoms with E-state index in [-0.39, 0.29) is 11.3 Å². The molecule has 0 unspecified atom stereocenters. The molecule has 1 aromatic heterocycles. The maximum absolute atomic E-state index is 12.7. The number of amides is 1. The Labute approximate surface area is 161 Å². The number of carbonyl (C=O) groups excluding carboxylic acids is 1. The van der Waals surface area contributed by atoms with Crippen LogP contribution in [-0.2, 0) is 10.2 Å². The fourth-order valence-corrected chi connectivity index (χ4v) is 3.09. The lowest BCUT2D eigenvalue weighted by Crippen LogP contribution is -2.37. The molecule has 1 aliphatic heterocycles. The molecule has 1 aliphatic rings. The molecular formula is C21H28N4O2. The van der Waals surface area contributed by atoms with Gasteiger partial charge < -0.3 is 15.0 Å². The molecule has 27 heavy (non-hydrogen) atoms. The number of nitrogens with one attached hydrogen (secondary N) is 1. The molecule has 2 heterocycles. The van der Waals surface area contributed by atoms with E-state index in [0.29, 0.717) is 30.4 Å². The summed E-state index contributed by atoms with van der Waals surface area (Å²) in [5.41, 5.74) is 4.10.